The molecule has 1 aliphatic heterocycles. The summed E-state index contributed by atoms with van der Waals surface area (Å²) >= 11 is 0. The number of piperazine rings is 1. The van der Waals surface area contributed by atoms with Gasteiger partial charge in [0.25, 0.3) is 0 Å². The molecule has 0 spiro atoms. The molecule has 1 aromatic rings. The van der Waals surface area contributed by atoms with E-state index in [9.17, 15) is 4.79 Å². The second-order valence-corrected chi connectivity index (χ2v) is 5.62. The van der Waals surface area contributed by atoms with Crippen LogP contribution in [0.2, 0.25) is 0 Å². The van der Waals surface area contributed by atoms with E-state index < -0.39 is 0 Å². The molecule has 0 amide bonds. The normalized spacial score (nSPS) is 25.4. The van der Waals surface area contributed by atoms with Crippen LogP contribution in [0.1, 0.15) is 40.8 Å². The molecule has 3 rings (SSSR count). The first-order valence-electron chi connectivity index (χ1n) is 6.93. The van der Waals surface area contributed by atoms with Crippen LogP contribution in [0.25, 0.3) is 0 Å². The first-order chi connectivity index (χ1) is 9.15. The predicted molar refractivity (Wildman–Crippen MR) is 72.2 cm³/mol. The van der Waals surface area contributed by atoms with Crippen LogP contribution in [0, 0.1) is 0 Å². The average molecular weight is 260 g/mol. The SMILES string of the molecule is CN1CCN(C)C(c2ncc3c(n2)CCCC3=O)C1. The molecule has 102 valence electrons. The standard InChI is InChI=1S/C14H20N4O/c1-17-6-7-18(2)12(9-17)14-15-8-10-11(16-14)4-3-5-13(10)19/h8,12H,3-7,9H2,1-2H3. The van der Waals surface area contributed by atoms with Crippen molar-refractivity contribution in [2.45, 2.75) is 25.3 Å². The molecule has 5 heteroatoms. The minimum atomic E-state index is 0.196. The number of hydrogen-bond donors (Lipinski definition) is 0. The molecular formula is C14H20N4O. The molecule has 0 bridgehead atoms. The van der Waals surface area contributed by atoms with Crippen LogP contribution in [0.4, 0.5) is 0 Å². The highest BCUT2D eigenvalue weighted by molar-refractivity contribution is 5.97. The summed E-state index contributed by atoms with van der Waals surface area (Å²) in [7, 11) is 4.24. The Labute approximate surface area is 113 Å². The van der Waals surface area contributed by atoms with Crippen LogP contribution < -0.4 is 0 Å². The summed E-state index contributed by atoms with van der Waals surface area (Å²) in [5.41, 5.74) is 1.68. The van der Waals surface area contributed by atoms with Crippen molar-refractivity contribution >= 4 is 5.78 Å². The van der Waals surface area contributed by atoms with E-state index in [1.807, 2.05) is 0 Å². The number of hydrogen-bond acceptors (Lipinski definition) is 5. The van der Waals surface area contributed by atoms with Crippen LogP contribution in [0.3, 0.4) is 0 Å². The summed E-state index contributed by atoms with van der Waals surface area (Å²) in [6.45, 7) is 3.06. The fourth-order valence-electron chi connectivity index (χ4n) is 2.86. The van der Waals surface area contributed by atoms with Gasteiger partial charge in [-0.1, -0.05) is 0 Å². The van der Waals surface area contributed by atoms with Gasteiger partial charge in [0, 0.05) is 32.3 Å². The number of likely N-dealkylation sites (N-methyl/N-ethyl adjacent to an activating group) is 2. The van der Waals surface area contributed by atoms with Gasteiger partial charge in [-0.25, -0.2) is 9.97 Å². The quantitative estimate of drug-likeness (QED) is 0.751. The van der Waals surface area contributed by atoms with Crippen molar-refractivity contribution < 1.29 is 4.79 Å². The highest BCUT2D eigenvalue weighted by Gasteiger charge is 2.28. The van der Waals surface area contributed by atoms with Gasteiger partial charge in [-0.3, -0.25) is 9.69 Å². The Hall–Kier alpha value is -1.33. The van der Waals surface area contributed by atoms with Crippen molar-refractivity contribution in [1.82, 2.24) is 19.8 Å². The van der Waals surface area contributed by atoms with Crippen molar-refractivity contribution in [2.75, 3.05) is 33.7 Å². The second-order valence-electron chi connectivity index (χ2n) is 5.62. The van der Waals surface area contributed by atoms with E-state index >= 15 is 0 Å². The number of Topliss-reactive ketones (excluding diaryl/α,β-unsaturated/α-hetero) is 1. The smallest absolute Gasteiger partial charge is 0.166 e. The second kappa shape index (κ2) is 4.98. The van der Waals surface area contributed by atoms with Gasteiger partial charge in [0.15, 0.2) is 5.78 Å². The maximum Gasteiger partial charge on any atom is 0.166 e. The number of fused-ring (bicyclic) bond motifs is 1. The van der Waals surface area contributed by atoms with Gasteiger partial charge in [0.05, 0.1) is 17.3 Å². The Morgan fingerprint density at radius 3 is 2.95 bits per heavy atom. The summed E-state index contributed by atoms with van der Waals surface area (Å²) < 4.78 is 0. The number of nitrogens with zero attached hydrogens (tertiary/aromatic N) is 4. The molecule has 1 fully saturated rings. The van der Waals surface area contributed by atoms with Crippen LogP contribution in [0.15, 0.2) is 6.20 Å². The summed E-state index contributed by atoms with van der Waals surface area (Å²) in [6.07, 6.45) is 4.20. The Morgan fingerprint density at radius 1 is 1.26 bits per heavy atom. The van der Waals surface area contributed by atoms with E-state index in [4.69, 9.17) is 0 Å². The van der Waals surface area contributed by atoms with E-state index in [1.54, 1.807) is 6.20 Å². The first kappa shape index (κ1) is 12.7. The van der Waals surface area contributed by atoms with Crippen LogP contribution in [-0.2, 0) is 6.42 Å². The molecule has 1 saturated heterocycles. The minimum absolute atomic E-state index is 0.196. The molecule has 2 aliphatic rings. The van der Waals surface area contributed by atoms with Crippen LogP contribution >= 0.6 is 0 Å². The Balaban J connectivity index is 1.91. The molecule has 0 N–H and O–H groups in total. The third-order valence-electron chi connectivity index (χ3n) is 4.15. The third kappa shape index (κ3) is 2.40. The van der Waals surface area contributed by atoms with Gasteiger partial charge in [-0.2, -0.15) is 0 Å². The van der Waals surface area contributed by atoms with Gasteiger partial charge in [-0.05, 0) is 26.9 Å². The lowest BCUT2D eigenvalue weighted by Gasteiger charge is -2.36. The van der Waals surface area contributed by atoms with Gasteiger partial charge in [0.1, 0.15) is 5.82 Å². The lowest BCUT2D eigenvalue weighted by Crippen LogP contribution is -2.45. The molecule has 1 unspecified atom stereocenters. The molecule has 1 atom stereocenters. The molecule has 0 saturated carbocycles. The fraction of sp³-hybridized carbons (Fsp3) is 0.643. The maximum absolute atomic E-state index is 11.8. The zero-order valence-electron chi connectivity index (χ0n) is 11.6. The molecular weight excluding hydrogens is 240 g/mol. The Kier molecular flexibility index (Phi) is 3.33. The minimum Gasteiger partial charge on any atom is -0.303 e. The number of aromatic nitrogens is 2. The Morgan fingerprint density at radius 2 is 2.11 bits per heavy atom. The number of carbonyl (C=O) groups excluding carboxylic acids is 1. The van der Waals surface area contributed by atoms with Gasteiger partial charge >= 0.3 is 0 Å². The van der Waals surface area contributed by atoms with Gasteiger partial charge in [0.2, 0.25) is 0 Å². The topological polar surface area (TPSA) is 49.3 Å². The van der Waals surface area contributed by atoms with Gasteiger partial charge in [-0.15, -0.1) is 0 Å². The maximum atomic E-state index is 11.8. The molecule has 0 radical (unpaired) electrons. The molecule has 5 nitrogen and oxygen atoms in total. The van der Waals surface area contributed by atoms with E-state index in [2.05, 4.69) is 33.9 Å². The van der Waals surface area contributed by atoms with Crippen molar-refractivity contribution in [3.8, 4) is 0 Å². The summed E-state index contributed by atoms with van der Waals surface area (Å²) in [4.78, 5) is 25.5. The largest absolute Gasteiger partial charge is 0.303 e. The predicted octanol–water partition coefficient (Wildman–Crippen LogP) is 0.914. The lowest BCUT2D eigenvalue weighted by molar-refractivity contribution is 0.0967. The number of carbonyl (C=O) groups is 1. The zero-order valence-corrected chi connectivity index (χ0v) is 11.6. The van der Waals surface area contributed by atoms with E-state index in [0.29, 0.717) is 6.42 Å². The highest BCUT2D eigenvalue weighted by Crippen LogP contribution is 2.24. The molecule has 1 aliphatic carbocycles. The number of ketones is 1. The van der Waals surface area contributed by atoms with Gasteiger partial charge < -0.3 is 4.90 Å². The van der Waals surface area contributed by atoms with Crippen molar-refractivity contribution in [1.29, 1.82) is 0 Å². The Bertz CT molecular complexity index is 502. The third-order valence-corrected chi connectivity index (χ3v) is 4.15. The molecule has 19 heavy (non-hydrogen) atoms. The number of rotatable bonds is 1. The fourth-order valence-corrected chi connectivity index (χ4v) is 2.86. The summed E-state index contributed by atoms with van der Waals surface area (Å²) in [5, 5.41) is 0. The van der Waals surface area contributed by atoms with E-state index in [1.165, 1.54) is 0 Å². The van der Waals surface area contributed by atoms with Crippen molar-refractivity contribution in [2.24, 2.45) is 0 Å². The average Bonchev–Trinajstić information content (AvgIpc) is 2.41. The van der Waals surface area contributed by atoms with E-state index in [0.717, 1.165) is 49.6 Å². The number of aryl methyl sites for hydroxylation is 1. The van der Waals surface area contributed by atoms with Crippen LogP contribution in [-0.4, -0.2) is 59.3 Å². The van der Waals surface area contributed by atoms with Crippen molar-refractivity contribution in [3.63, 3.8) is 0 Å². The van der Waals surface area contributed by atoms with E-state index in [-0.39, 0.29) is 11.8 Å². The molecule has 1 aromatic heterocycles. The molecule has 0 aromatic carbocycles. The van der Waals surface area contributed by atoms with Crippen molar-refractivity contribution in [3.05, 3.63) is 23.3 Å². The summed E-state index contributed by atoms with van der Waals surface area (Å²) in [6, 6.07) is 0.237. The first-order valence-corrected chi connectivity index (χ1v) is 6.93. The molecule has 2 heterocycles. The zero-order chi connectivity index (χ0) is 13.4. The monoisotopic (exact) mass is 260 g/mol. The highest BCUT2D eigenvalue weighted by atomic mass is 16.1. The lowest BCUT2D eigenvalue weighted by atomic mass is 9.96. The summed E-state index contributed by atoms with van der Waals surface area (Å²) in [5.74, 6) is 1.06. The van der Waals surface area contributed by atoms with Crippen LogP contribution in [0.5, 0.6) is 0 Å².